The summed E-state index contributed by atoms with van der Waals surface area (Å²) in [6, 6.07) is 4.41. The standard InChI is InChI=1S/C14H18N2/c1-3-5-11-9-13-14(16-8-7-15-13)10-12(11)6-4-2/h7-10H,3-6H2,1-2H3. The predicted octanol–water partition coefficient (Wildman–Crippen LogP) is 3.53. The Kier molecular flexibility index (Phi) is 3.50. The Balaban J connectivity index is 2.51. The van der Waals surface area contributed by atoms with Crippen LogP contribution >= 0.6 is 0 Å². The number of fused-ring (bicyclic) bond motifs is 1. The van der Waals surface area contributed by atoms with E-state index >= 15 is 0 Å². The second kappa shape index (κ2) is 5.06. The van der Waals surface area contributed by atoms with Gasteiger partial charge in [-0.25, -0.2) is 0 Å². The van der Waals surface area contributed by atoms with E-state index in [1.54, 1.807) is 12.4 Å². The molecule has 1 aromatic carbocycles. The van der Waals surface area contributed by atoms with Crippen molar-refractivity contribution in [2.75, 3.05) is 0 Å². The first-order valence-electron chi connectivity index (χ1n) is 6.07. The summed E-state index contributed by atoms with van der Waals surface area (Å²) in [6.45, 7) is 4.44. The number of hydrogen-bond donors (Lipinski definition) is 0. The molecule has 0 N–H and O–H groups in total. The van der Waals surface area contributed by atoms with Gasteiger partial charge in [0.1, 0.15) is 0 Å². The smallest absolute Gasteiger partial charge is 0.0889 e. The average molecular weight is 214 g/mol. The molecule has 0 amide bonds. The highest BCUT2D eigenvalue weighted by atomic mass is 14.8. The van der Waals surface area contributed by atoms with Crippen molar-refractivity contribution in [1.29, 1.82) is 0 Å². The zero-order valence-electron chi connectivity index (χ0n) is 10.0. The molecule has 2 nitrogen and oxygen atoms in total. The van der Waals surface area contributed by atoms with E-state index in [1.165, 1.54) is 24.0 Å². The molecule has 16 heavy (non-hydrogen) atoms. The second-order valence-corrected chi connectivity index (χ2v) is 4.17. The molecule has 0 atom stereocenters. The number of rotatable bonds is 4. The van der Waals surface area contributed by atoms with Gasteiger partial charge in [0.25, 0.3) is 0 Å². The van der Waals surface area contributed by atoms with E-state index in [0.717, 1.165) is 23.9 Å². The van der Waals surface area contributed by atoms with Crippen LogP contribution < -0.4 is 0 Å². The highest BCUT2D eigenvalue weighted by Gasteiger charge is 2.05. The summed E-state index contributed by atoms with van der Waals surface area (Å²) in [7, 11) is 0. The van der Waals surface area contributed by atoms with Crippen LogP contribution in [0.2, 0.25) is 0 Å². The Labute approximate surface area is 96.7 Å². The van der Waals surface area contributed by atoms with E-state index in [2.05, 4.69) is 35.9 Å². The minimum Gasteiger partial charge on any atom is -0.253 e. The molecular formula is C14H18N2. The van der Waals surface area contributed by atoms with Gasteiger partial charge in [-0.2, -0.15) is 0 Å². The predicted molar refractivity (Wildman–Crippen MR) is 67.5 cm³/mol. The molecule has 0 aliphatic heterocycles. The SMILES string of the molecule is CCCc1cc2nccnc2cc1CCC. The maximum atomic E-state index is 4.36. The third-order valence-corrected chi connectivity index (χ3v) is 2.83. The quantitative estimate of drug-likeness (QED) is 0.778. The summed E-state index contributed by atoms with van der Waals surface area (Å²) in [5.41, 5.74) is 4.92. The monoisotopic (exact) mass is 214 g/mol. The summed E-state index contributed by atoms with van der Waals surface area (Å²) in [5, 5.41) is 0. The van der Waals surface area contributed by atoms with Crippen molar-refractivity contribution >= 4 is 11.0 Å². The lowest BCUT2D eigenvalue weighted by atomic mass is 9.98. The fraction of sp³-hybridized carbons (Fsp3) is 0.429. The summed E-state index contributed by atoms with van der Waals surface area (Å²) < 4.78 is 0. The molecule has 84 valence electrons. The Bertz CT molecular complexity index is 433. The molecule has 2 heteroatoms. The fourth-order valence-corrected chi connectivity index (χ4v) is 2.10. The van der Waals surface area contributed by atoms with E-state index in [9.17, 15) is 0 Å². The van der Waals surface area contributed by atoms with E-state index in [-0.39, 0.29) is 0 Å². The Morgan fingerprint density at radius 3 is 1.62 bits per heavy atom. The third kappa shape index (κ3) is 2.21. The van der Waals surface area contributed by atoms with Gasteiger partial charge in [-0.05, 0) is 36.1 Å². The molecule has 0 aliphatic rings. The summed E-state index contributed by atoms with van der Waals surface area (Å²) in [6.07, 6.45) is 8.17. The van der Waals surface area contributed by atoms with E-state index in [1.807, 2.05) is 0 Å². The van der Waals surface area contributed by atoms with Gasteiger partial charge < -0.3 is 0 Å². The maximum Gasteiger partial charge on any atom is 0.0889 e. The van der Waals surface area contributed by atoms with Crippen LogP contribution in [-0.2, 0) is 12.8 Å². The van der Waals surface area contributed by atoms with Gasteiger partial charge in [0, 0.05) is 12.4 Å². The van der Waals surface area contributed by atoms with Crippen LogP contribution in [-0.4, -0.2) is 9.97 Å². The molecule has 1 heterocycles. The number of aromatic nitrogens is 2. The molecule has 1 aromatic heterocycles. The van der Waals surface area contributed by atoms with Gasteiger partial charge >= 0.3 is 0 Å². The Morgan fingerprint density at radius 1 is 0.812 bits per heavy atom. The molecule has 0 fully saturated rings. The second-order valence-electron chi connectivity index (χ2n) is 4.17. The molecule has 0 bridgehead atoms. The van der Waals surface area contributed by atoms with Crippen LogP contribution in [0.25, 0.3) is 11.0 Å². The van der Waals surface area contributed by atoms with Gasteiger partial charge in [-0.3, -0.25) is 9.97 Å². The number of hydrogen-bond acceptors (Lipinski definition) is 2. The molecule has 0 unspecified atom stereocenters. The number of aryl methyl sites for hydroxylation is 2. The fourth-order valence-electron chi connectivity index (χ4n) is 2.10. The van der Waals surface area contributed by atoms with Crippen LogP contribution in [0.5, 0.6) is 0 Å². The van der Waals surface area contributed by atoms with E-state index < -0.39 is 0 Å². The lowest BCUT2D eigenvalue weighted by Gasteiger charge is -2.09. The zero-order chi connectivity index (χ0) is 11.4. The molecule has 2 rings (SSSR count). The first-order valence-corrected chi connectivity index (χ1v) is 6.07. The Hall–Kier alpha value is -1.44. The summed E-state index contributed by atoms with van der Waals surface area (Å²) in [4.78, 5) is 8.73. The zero-order valence-corrected chi connectivity index (χ0v) is 10.0. The van der Waals surface area contributed by atoms with Gasteiger partial charge in [-0.15, -0.1) is 0 Å². The van der Waals surface area contributed by atoms with Crippen molar-refractivity contribution in [3.05, 3.63) is 35.7 Å². The highest BCUT2D eigenvalue weighted by molar-refractivity contribution is 5.75. The molecular weight excluding hydrogens is 196 g/mol. The molecule has 0 saturated carbocycles. The van der Waals surface area contributed by atoms with Crippen molar-refractivity contribution in [1.82, 2.24) is 9.97 Å². The van der Waals surface area contributed by atoms with Gasteiger partial charge in [-0.1, -0.05) is 26.7 Å². The summed E-state index contributed by atoms with van der Waals surface area (Å²) in [5.74, 6) is 0. The molecule has 0 aliphatic carbocycles. The first kappa shape index (κ1) is 11.1. The minimum absolute atomic E-state index is 1.02. The van der Waals surface area contributed by atoms with Gasteiger partial charge in [0.15, 0.2) is 0 Å². The largest absolute Gasteiger partial charge is 0.253 e. The van der Waals surface area contributed by atoms with Crippen molar-refractivity contribution in [2.45, 2.75) is 39.5 Å². The summed E-state index contributed by atoms with van der Waals surface area (Å²) >= 11 is 0. The molecule has 0 radical (unpaired) electrons. The number of benzene rings is 1. The van der Waals surface area contributed by atoms with Gasteiger partial charge in [0.05, 0.1) is 11.0 Å². The lowest BCUT2D eigenvalue weighted by molar-refractivity contribution is 0.862. The van der Waals surface area contributed by atoms with Crippen molar-refractivity contribution < 1.29 is 0 Å². The normalized spacial score (nSPS) is 10.9. The van der Waals surface area contributed by atoms with Crippen LogP contribution in [0, 0.1) is 0 Å². The van der Waals surface area contributed by atoms with E-state index in [4.69, 9.17) is 0 Å². The van der Waals surface area contributed by atoms with E-state index in [0.29, 0.717) is 0 Å². The van der Waals surface area contributed by atoms with Crippen molar-refractivity contribution in [3.8, 4) is 0 Å². The average Bonchev–Trinajstić information content (AvgIpc) is 2.30. The van der Waals surface area contributed by atoms with Crippen molar-refractivity contribution in [3.63, 3.8) is 0 Å². The van der Waals surface area contributed by atoms with Crippen LogP contribution in [0.4, 0.5) is 0 Å². The third-order valence-electron chi connectivity index (χ3n) is 2.83. The lowest BCUT2D eigenvalue weighted by Crippen LogP contribution is -1.96. The first-order chi connectivity index (χ1) is 7.85. The number of nitrogens with zero attached hydrogens (tertiary/aromatic N) is 2. The Morgan fingerprint density at radius 2 is 1.25 bits per heavy atom. The van der Waals surface area contributed by atoms with Crippen LogP contribution in [0.15, 0.2) is 24.5 Å². The molecule has 2 aromatic rings. The minimum atomic E-state index is 1.02. The van der Waals surface area contributed by atoms with Gasteiger partial charge in [0.2, 0.25) is 0 Å². The molecule has 0 spiro atoms. The van der Waals surface area contributed by atoms with Crippen molar-refractivity contribution in [2.24, 2.45) is 0 Å². The maximum absolute atomic E-state index is 4.36. The van der Waals surface area contributed by atoms with Crippen LogP contribution in [0.1, 0.15) is 37.8 Å². The van der Waals surface area contributed by atoms with Crippen LogP contribution in [0.3, 0.4) is 0 Å². The topological polar surface area (TPSA) is 25.8 Å². The highest BCUT2D eigenvalue weighted by Crippen LogP contribution is 2.19. The molecule has 0 saturated heterocycles.